The molecule has 0 saturated heterocycles. The summed E-state index contributed by atoms with van der Waals surface area (Å²) < 4.78 is 0. The lowest BCUT2D eigenvalue weighted by Gasteiger charge is -2.29. The number of rotatable bonds is 5. The minimum atomic E-state index is -2.59. The third kappa shape index (κ3) is 3.76. The molecule has 140 valence electrons. The van der Waals surface area contributed by atoms with E-state index in [-0.39, 0.29) is 0 Å². The topological polar surface area (TPSA) is 0 Å². The molecule has 1 unspecified atom stereocenters. The summed E-state index contributed by atoms with van der Waals surface area (Å²) in [5, 5.41) is 3.84. The Morgan fingerprint density at radius 3 is 1.63 bits per heavy atom. The highest BCUT2D eigenvalue weighted by atomic mass is 35.6. The van der Waals surface area contributed by atoms with Gasteiger partial charge in [0.1, 0.15) is 0 Å². The predicted octanol–water partition coefficient (Wildman–Crippen LogP) is 4.94. The lowest BCUT2D eigenvalue weighted by molar-refractivity contribution is 1.09. The van der Waals surface area contributed by atoms with Crippen LogP contribution in [0.4, 0.5) is 0 Å². The number of aryl methyl sites for hydroxylation is 4. The van der Waals surface area contributed by atoms with E-state index in [2.05, 4.69) is 95.3 Å². The van der Waals surface area contributed by atoms with Crippen LogP contribution < -0.4 is 15.6 Å². The van der Waals surface area contributed by atoms with Crippen LogP contribution in [0.25, 0.3) is 0 Å². The van der Waals surface area contributed by atoms with Crippen molar-refractivity contribution in [2.45, 2.75) is 47.5 Å². The largest absolute Gasteiger partial charge is 0.247 e. The van der Waals surface area contributed by atoms with Crippen LogP contribution in [0.3, 0.4) is 0 Å². The van der Waals surface area contributed by atoms with Crippen LogP contribution in [0.5, 0.6) is 0 Å². The van der Waals surface area contributed by atoms with E-state index in [4.69, 9.17) is 11.1 Å². The highest BCUT2D eigenvalue weighted by Crippen LogP contribution is 2.19. The third-order valence-corrected chi connectivity index (χ3v) is 11.0. The molecule has 0 amide bonds. The number of halogens is 1. The summed E-state index contributed by atoms with van der Waals surface area (Å²) in [6, 6.07) is 22.3. The number of hydrogen-bond acceptors (Lipinski definition) is 0. The van der Waals surface area contributed by atoms with Gasteiger partial charge in [-0.15, -0.1) is 11.1 Å². The van der Waals surface area contributed by atoms with Crippen LogP contribution in [-0.4, -0.2) is 7.38 Å². The Labute approximate surface area is 169 Å². The molecule has 0 aliphatic rings. The molecular formula is C25H29ClSi. The molecule has 0 aliphatic carbocycles. The van der Waals surface area contributed by atoms with Crippen molar-refractivity contribution in [3.8, 4) is 0 Å². The Balaban J connectivity index is 2.34. The van der Waals surface area contributed by atoms with Gasteiger partial charge in [-0.2, -0.15) is 0 Å². The average Bonchev–Trinajstić information content (AvgIpc) is 2.71. The van der Waals surface area contributed by atoms with Crippen LogP contribution >= 0.6 is 11.1 Å². The SMILES string of the molecule is CCc1cc(CC)cc([Si](Cl)(c2ccccc2)c2cc(C)c(C)c(C)c2)c1. The van der Waals surface area contributed by atoms with E-state index in [1.54, 1.807) is 0 Å². The maximum absolute atomic E-state index is 7.71. The standard InChI is InChI=1S/C25H29ClSi/c1-6-21-15-22(7-2)17-25(16-21)27(26,23-11-9-8-10-12-23)24-13-18(3)20(5)19(4)14-24/h8-17H,6-7H2,1-5H3. The zero-order valence-corrected chi connectivity index (χ0v) is 18.8. The highest BCUT2D eigenvalue weighted by Gasteiger charge is 2.38. The van der Waals surface area contributed by atoms with Crippen LogP contribution in [0.15, 0.2) is 60.7 Å². The molecule has 0 nitrogen and oxygen atoms in total. The summed E-state index contributed by atoms with van der Waals surface area (Å²) in [5.41, 5.74) is 6.75. The van der Waals surface area contributed by atoms with Gasteiger partial charge in [-0.25, -0.2) is 0 Å². The maximum Gasteiger partial charge on any atom is 0.247 e. The molecule has 0 aromatic heterocycles. The third-order valence-electron chi connectivity index (χ3n) is 5.76. The Hall–Kier alpha value is -1.83. The van der Waals surface area contributed by atoms with Gasteiger partial charge in [-0.1, -0.05) is 74.5 Å². The van der Waals surface area contributed by atoms with Crippen LogP contribution in [-0.2, 0) is 12.8 Å². The van der Waals surface area contributed by atoms with Crippen LogP contribution in [0.1, 0.15) is 41.7 Å². The number of benzene rings is 3. The van der Waals surface area contributed by atoms with E-state index in [0.717, 1.165) is 12.8 Å². The van der Waals surface area contributed by atoms with Crippen molar-refractivity contribution in [2.75, 3.05) is 0 Å². The van der Waals surface area contributed by atoms with E-state index in [1.165, 1.54) is 43.4 Å². The van der Waals surface area contributed by atoms with E-state index >= 15 is 0 Å². The molecule has 1 atom stereocenters. The van der Waals surface area contributed by atoms with Gasteiger partial charge in [0, 0.05) is 0 Å². The van der Waals surface area contributed by atoms with Gasteiger partial charge in [0.15, 0.2) is 0 Å². The van der Waals surface area contributed by atoms with Crippen molar-refractivity contribution >= 4 is 34.0 Å². The fourth-order valence-electron chi connectivity index (χ4n) is 3.77. The van der Waals surface area contributed by atoms with E-state index in [0.29, 0.717) is 0 Å². The molecule has 0 heterocycles. The molecule has 0 radical (unpaired) electrons. The Kier molecular flexibility index (Phi) is 5.93. The molecule has 0 bridgehead atoms. The fourth-order valence-corrected chi connectivity index (χ4v) is 8.06. The van der Waals surface area contributed by atoms with Crippen molar-refractivity contribution in [2.24, 2.45) is 0 Å². The zero-order valence-electron chi connectivity index (χ0n) is 17.1. The predicted molar refractivity (Wildman–Crippen MR) is 123 cm³/mol. The number of hydrogen-bond donors (Lipinski definition) is 0. The fraction of sp³-hybridized carbons (Fsp3) is 0.280. The van der Waals surface area contributed by atoms with E-state index < -0.39 is 7.38 Å². The van der Waals surface area contributed by atoms with Gasteiger partial charge >= 0.3 is 0 Å². The molecule has 0 N–H and O–H groups in total. The van der Waals surface area contributed by atoms with E-state index in [1.807, 2.05) is 0 Å². The minimum absolute atomic E-state index is 1.03. The summed E-state index contributed by atoms with van der Waals surface area (Å²) in [6.07, 6.45) is 2.06. The highest BCUT2D eigenvalue weighted by molar-refractivity contribution is 7.40. The minimum Gasteiger partial charge on any atom is -0.149 e. The lowest BCUT2D eigenvalue weighted by atomic mass is 10.1. The summed E-state index contributed by atoms with van der Waals surface area (Å²) >= 11 is 7.71. The molecule has 0 saturated carbocycles. The second-order valence-electron chi connectivity index (χ2n) is 7.50. The second kappa shape index (κ2) is 8.04. The van der Waals surface area contributed by atoms with Crippen LogP contribution in [0.2, 0.25) is 0 Å². The second-order valence-corrected chi connectivity index (χ2v) is 12.3. The molecule has 2 heteroatoms. The van der Waals surface area contributed by atoms with Crippen LogP contribution in [0, 0.1) is 20.8 Å². The monoisotopic (exact) mass is 392 g/mol. The van der Waals surface area contributed by atoms with Gasteiger partial charge in [0.25, 0.3) is 0 Å². The lowest BCUT2D eigenvalue weighted by Crippen LogP contribution is -2.63. The first-order chi connectivity index (χ1) is 12.9. The molecule has 3 aromatic carbocycles. The summed E-state index contributed by atoms with van der Waals surface area (Å²) in [5.74, 6) is 0. The van der Waals surface area contributed by atoms with Crippen molar-refractivity contribution in [3.05, 3.63) is 88.5 Å². The Bertz CT molecular complexity index is 901. The molecule has 0 fully saturated rings. The molecule has 3 aromatic rings. The Morgan fingerprint density at radius 1 is 0.667 bits per heavy atom. The van der Waals surface area contributed by atoms with Gasteiger partial charge in [-0.3, -0.25) is 0 Å². The first-order valence-electron chi connectivity index (χ1n) is 9.86. The quantitative estimate of drug-likeness (QED) is 0.327. The van der Waals surface area contributed by atoms with Gasteiger partial charge in [-0.05, 0) is 77.0 Å². The smallest absolute Gasteiger partial charge is 0.149 e. The molecule has 0 aliphatic heterocycles. The molecule has 3 rings (SSSR count). The summed E-state index contributed by atoms with van der Waals surface area (Å²) in [6.45, 7) is 11.0. The van der Waals surface area contributed by atoms with Gasteiger partial charge in [0.05, 0.1) is 0 Å². The average molecular weight is 393 g/mol. The normalized spacial score (nSPS) is 13.4. The van der Waals surface area contributed by atoms with Crippen molar-refractivity contribution in [3.63, 3.8) is 0 Å². The molecule has 0 spiro atoms. The Morgan fingerprint density at radius 2 is 1.15 bits per heavy atom. The summed E-state index contributed by atoms with van der Waals surface area (Å²) in [4.78, 5) is 0. The first-order valence-corrected chi connectivity index (χ1v) is 12.9. The molecular weight excluding hydrogens is 364 g/mol. The first kappa shape index (κ1) is 19.9. The van der Waals surface area contributed by atoms with Gasteiger partial charge < -0.3 is 0 Å². The van der Waals surface area contributed by atoms with Crippen molar-refractivity contribution < 1.29 is 0 Å². The zero-order chi connectivity index (χ0) is 19.6. The van der Waals surface area contributed by atoms with Gasteiger partial charge in [0.2, 0.25) is 7.38 Å². The summed E-state index contributed by atoms with van der Waals surface area (Å²) in [7, 11) is -2.59. The van der Waals surface area contributed by atoms with Crippen molar-refractivity contribution in [1.29, 1.82) is 0 Å². The van der Waals surface area contributed by atoms with Crippen molar-refractivity contribution in [1.82, 2.24) is 0 Å². The maximum atomic E-state index is 7.71. The van der Waals surface area contributed by atoms with E-state index in [9.17, 15) is 0 Å². The molecule has 27 heavy (non-hydrogen) atoms.